The molecule has 184 valence electrons. The van der Waals surface area contributed by atoms with E-state index < -0.39 is 23.8 Å². The zero-order valence-corrected chi connectivity index (χ0v) is 22.9. The summed E-state index contributed by atoms with van der Waals surface area (Å²) >= 11 is 36.2. The van der Waals surface area contributed by atoms with Crippen LogP contribution in [0.3, 0.4) is 0 Å². The molecular weight excluding hydrogens is 577 g/mol. The van der Waals surface area contributed by atoms with E-state index in [2.05, 4.69) is 0 Å². The molecule has 0 bridgehead atoms. The van der Waals surface area contributed by atoms with Crippen molar-refractivity contribution in [2.24, 2.45) is 5.92 Å². The molecule has 0 radical (unpaired) electrons. The summed E-state index contributed by atoms with van der Waals surface area (Å²) in [6, 6.07) is 12.8. The Bertz CT molecular complexity index is 1160. The highest BCUT2D eigenvalue weighted by Crippen LogP contribution is 2.38. The van der Waals surface area contributed by atoms with Gasteiger partial charge in [-0.25, -0.2) is 0 Å². The molecular formula is C25H18Cl6O4. The topological polar surface area (TPSA) is 52.6 Å². The Morgan fingerprint density at radius 2 is 1.17 bits per heavy atom. The number of carbonyl (C=O) groups is 2. The third-order valence-electron chi connectivity index (χ3n) is 5.17. The molecule has 3 aromatic rings. The van der Waals surface area contributed by atoms with Crippen LogP contribution in [0.4, 0.5) is 0 Å². The summed E-state index contributed by atoms with van der Waals surface area (Å²) in [5, 5.41) is 0.614. The van der Waals surface area contributed by atoms with Crippen LogP contribution in [0.15, 0.2) is 48.5 Å². The van der Waals surface area contributed by atoms with Gasteiger partial charge in [-0.1, -0.05) is 106 Å². The van der Waals surface area contributed by atoms with Gasteiger partial charge < -0.3 is 9.47 Å². The predicted molar refractivity (Wildman–Crippen MR) is 142 cm³/mol. The van der Waals surface area contributed by atoms with E-state index in [1.807, 2.05) is 38.1 Å². The average Bonchev–Trinajstić information content (AvgIpc) is 2.78. The number of hydrogen-bond donors (Lipinski definition) is 0. The molecule has 0 aromatic heterocycles. The molecule has 4 nitrogen and oxygen atoms in total. The summed E-state index contributed by atoms with van der Waals surface area (Å²) < 4.78 is 11.0. The Morgan fingerprint density at radius 3 is 1.54 bits per heavy atom. The highest BCUT2D eigenvalue weighted by Gasteiger charge is 2.39. The van der Waals surface area contributed by atoms with Gasteiger partial charge in [-0.05, 0) is 18.9 Å². The summed E-state index contributed by atoms with van der Waals surface area (Å²) in [7, 11) is 0. The van der Waals surface area contributed by atoms with Gasteiger partial charge in [0.2, 0.25) is 0 Å². The third-order valence-corrected chi connectivity index (χ3v) is 7.57. The van der Waals surface area contributed by atoms with Gasteiger partial charge in [-0.2, -0.15) is 0 Å². The maximum atomic E-state index is 13.4. The summed E-state index contributed by atoms with van der Waals surface area (Å²) in [6.45, 7) is 3.77. The maximum absolute atomic E-state index is 13.4. The zero-order chi connectivity index (χ0) is 25.9. The Kier molecular flexibility index (Phi) is 9.61. The first kappa shape index (κ1) is 27.9. The fourth-order valence-electron chi connectivity index (χ4n) is 3.53. The van der Waals surface area contributed by atoms with E-state index in [0.717, 1.165) is 11.1 Å². The molecule has 3 rings (SSSR count). The zero-order valence-electron chi connectivity index (χ0n) is 18.4. The Labute approximate surface area is 232 Å². The van der Waals surface area contributed by atoms with Gasteiger partial charge in [-0.15, -0.1) is 0 Å². The molecule has 0 aliphatic carbocycles. The minimum Gasteiger partial charge on any atom is -0.426 e. The van der Waals surface area contributed by atoms with Crippen LogP contribution in [0.2, 0.25) is 30.1 Å². The van der Waals surface area contributed by atoms with Gasteiger partial charge in [0.25, 0.3) is 0 Å². The van der Waals surface area contributed by atoms with Gasteiger partial charge in [0.15, 0.2) is 5.92 Å². The smallest absolute Gasteiger partial charge is 0.326 e. The molecule has 10 heteroatoms. The van der Waals surface area contributed by atoms with Crippen LogP contribution in [-0.2, 0) is 9.59 Å². The third kappa shape index (κ3) is 6.76. The lowest BCUT2D eigenvalue weighted by Crippen LogP contribution is -2.36. The van der Waals surface area contributed by atoms with Crippen LogP contribution in [0.1, 0.15) is 30.4 Å². The quantitative estimate of drug-likeness (QED) is 0.118. The van der Waals surface area contributed by atoms with Crippen molar-refractivity contribution in [1.29, 1.82) is 0 Å². The molecule has 3 aromatic carbocycles. The summed E-state index contributed by atoms with van der Waals surface area (Å²) in [5.74, 6) is -3.56. The average molecular weight is 595 g/mol. The second-order valence-corrected chi connectivity index (χ2v) is 10.0. The number of carbonyl (C=O) groups excluding carboxylic acids is 2. The van der Waals surface area contributed by atoms with Crippen molar-refractivity contribution in [3.63, 3.8) is 0 Å². The fourth-order valence-corrected chi connectivity index (χ4v) is 4.68. The van der Waals surface area contributed by atoms with Crippen LogP contribution in [0, 0.1) is 12.8 Å². The molecule has 35 heavy (non-hydrogen) atoms. The Morgan fingerprint density at radius 1 is 0.743 bits per heavy atom. The number of esters is 2. The van der Waals surface area contributed by atoms with Crippen molar-refractivity contribution < 1.29 is 19.1 Å². The highest BCUT2D eigenvalue weighted by molar-refractivity contribution is 6.48. The van der Waals surface area contributed by atoms with Crippen molar-refractivity contribution in [3.8, 4) is 11.5 Å². The largest absolute Gasteiger partial charge is 0.426 e. The predicted octanol–water partition coefficient (Wildman–Crippen LogP) is 9.24. The monoisotopic (exact) mass is 592 g/mol. The van der Waals surface area contributed by atoms with Crippen LogP contribution in [0.5, 0.6) is 11.5 Å². The Balaban J connectivity index is 2.00. The molecule has 0 heterocycles. The van der Waals surface area contributed by atoms with Crippen LogP contribution >= 0.6 is 69.6 Å². The van der Waals surface area contributed by atoms with E-state index in [1.54, 1.807) is 0 Å². The molecule has 0 fully saturated rings. The first-order chi connectivity index (χ1) is 16.5. The van der Waals surface area contributed by atoms with Crippen molar-refractivity contribution in [1.82, 2.24) is 0 Å². The number of halogens is 6. The molecule has 1 atom stereocenters. The van der Waals surface area contributed by atoms with E-state index in [-0.39, 0.29) is 41.6 Å². The minimum absolute atomic E-state index is 0.0314. The van der Waals surface area contributed by atoms with E-state index in [0.29, 0.717) is 6.42 Å². The van der Waals surface area contributed by atoms with Crippen molar-refractivity contribution in [2.45, 2.75) is 26.2 Å². The van der Waals surface area contributed by atoms with Crippen molar-refractivity contribution in [2.75, 3.05) is 0 Å². The lowest BCUT2D eigenvalue weighted by atomic mass is 9.83. The first-order valence-electron chi connectivity index (χ1n) is 10.3. The van der Waals surface area contributed by atoms with Gasteiger partial charge in [0.1, 0.15) is 11.5 Å². The van der Waals surface area contributed by atoms with Gasteiger partial charge in [-0.3, -0.25) is 9.59 Å². The molecule has 0 aliphatic rings. The summed E-state index contributed by atoms with van der Waals surface area (Å²) in [5.41, 5.74) is 1.74. The van der Waals surface area contributed by atoms with Crippen molar-refractivity contribution >= 4 is 81.5 Å². The number of rotatable bonds is 7. The second-order valence-electron chi connectivity index (χ2n) is 7.65. The first-order valence-corrected chi connectivity index (χ1v) is 12.6. The van der Waals surface area contributed by atoms with E-state index >= 15 is 0 Å². The Hall–Kier alpha value is -1.66. The molecule has 0 spiro atoms. The number of aryl methyl sites for hydroxylation is 1. The van der Waals surface area contributed by atoms with Gasteiger partial charge in [0, 0.05) is 30.2 Å². The SMILES string of the molecule is CC[C@@H](c1cccc(C)c1)C(C(=O)Oc1cc(Cl)c(Cl)c(Cl)c1)C(=O)Oc1cc(Cl)c(Cl)c(Cl)c1. The van der Waals surface area contributed by atoms with E-state index in [9.17, 15) is 9.59 Å². The molecule has 0 saturated heterocycles. The van der Waals surface area contributed by atoms with E-state index in [4.69, 9.17) is 79.1 Å². The molecule has 0 aliphatic heterocycles. The molecule has 0 N–H and O–H groups in total. The van der Waals surface area contributed by atoms with Crippen LogP contribution < -0.4 is 9.47 Å². The number of hydrogen-bond acceptors (Lipinski definition) is 4. The van der Waals surface area contributed by atoms with E-state index in [1.165, 1.54) is 24.3 Å². The molecule has 0 saturated carbocycles. The lowest BCUT2D eigenvalue weighted by Gasteiger charge is -2.24. The number of benzene rings is 3. The fraction of sp³-hybridized carbons (Fsp3) is 0.200. The minimum atomic E-state index is -1.34. The van der Waals surface area contributed by atoms with Gasteiger partial charge >= 0.3 is 11.9 Å². The summed E-state index contributed by atoms with van der Waals surface area (Å²) in [6.07, 6.45) is 0.433. The molecule has 0 unspecified atom stereocenters. The maximum Gasteiger partial charge on any atom is 0.326 e. The normalized spacial score (nSPS) is 11.9. The molecule has 0 amide bonds. The standard InChI is InChI=1S/C25H18Cl6O4/c1-3-16(13-6-4-5-12(2)7-13)21(24(32)34-14-8-17(26)22(30)18(27)9-14)25(33)35-15-10-19(28)23(31)20(29)11-15/h4-11,16,21H,3H2,1-2H3/t16-/m0/s1. The summed E-state index contributed by atoms with van der Waals surface area (Å²) in [4.78, 5) is 26.8. The van der Waals surface area contributed by atoms with Crippen molar-refractivity contribution in [3.05, 3.63) is 89.8 Å². The second kappa shape index (κ2) is 12.1. The van der Waals surface area contributed by atoms with Crippen LogP contribution in [-0.4, -0.2) is 11.9 Å². The van der Waals surface area contributed by atoms with Crippen LogP contribution in [0.25, 0.3) is 0 Å². The van der Waals surface area contributed by atoms with Gasteiger partial charge in [0.05, 0.1) is 30.1 Å². The highest BCUT2D eigenvalue weighted by atomic mass is 35.5. The number of ether oxygens (including phenoxy) is 2. The lowest BCUT2D eigenvalue weighted by molar-refractivity contribution is -0.152.